The summed E-state index contributed by atoms with van der Waals surface area (Å²) in [7, 11) is -3.04. The lowest BCUT2D eigenvalue weighted by Crippen LogP contribution is -2.38. The third kappa shape index (κ3) is 5.63. The van der Waals surface area contributed by atoms with Crippen LogP contribution in [-0.2, 0) is 31.4 Å². The summed E-state index contributed by atoms with van der Waals surface area (Å²) in [5.41, 5.74) is 1.63. The Morgan fingerprint density at radius 3 is 1.83 bits per heavy atom. The zero-order valence-electron chi connectivity index (χ0n) is 16.8. The minimum atomic E-state index is -3.76. The monoisotopic (exact) mass is 439 g/mol. The molecule has 0 aliphatic rings. The van der Waals surface area contributed by atoms with E-state index in [1.165, 1.54) is 45.4 Å². The summed E-state index contributed by atoms with van der Waals surface area (Å²) in [6.07, 6.45) is 0. The predicted octanol–water partition coefficient (Wildman–Crippen LogP) is 1.18. The molecule has 0 spiro atoms. The number of hydrogen-bond acceptors (Lipinski definition) is 5. The smallest absolute Gasteiger partial charge is 0.243 e. The minimum absolute atomic E-state index is 0.121. The van der Waals surface area contributed by atoms with Crippen molar-refractivity contribution in [2.75, 3.05) is 27.7 Å². The third-order valence-electron chi connectivity index (χ3n) is 4.29. The van der Waals surface area contributed by atoms with Crippen LogP contribution in [0.3, 0.4) is 0 Å². The molecule has 0 unspecified atom stereocenters. The molecule has 0 aromatic heterocycles. The summed E-state index contributed by atoms with van der Waals surface area (Å²) in [6.45, 7) is 1.68. The van der Waals surface area contributed by atoms with E-state index in [9.17, 15) is 21.6 Å². The van der Waals surface area contributed by atoms with E-state index in [2.05, 4.69) is 5.32 Å². The van der Waals surface area contributed by atoms with Crippen LogP contribution in [0.4, 0.5) is 0 Å². The van der Waals surface area contributed by atoms with Gasteiger partial charge in [-0.15, -0.1) is 0 Å². The van der Waals surface area contributed by atoms with Gasteiger partial charge in [-0.3, -0.25) is 4.79 Å². The highest BCUT2D eigenvalue weighted by molar-refractivity contribution is 7.89. The second kappa shape index (κ2) is 9.04. The fourth-order valence-corrected chi connectivity index (χ4v) is 4.45. The average Bonchev–Trinajstić information content (AvgIpc) is 2.66. The average molecular weight is 440 g/mol. The van der Waals surface area contributed by atoms with Gasteiger partial charge >= 0.3 is 0 Å². The predicted molar refractivity (Wildman–Crippen MR) is 110 cm³/mol. The van der Waals surface area contributed by atoms with E-state index in [4.69, 9.17) is 0 Å². The molecule has 2 rings (SSSR count). The van der Waals surface area contributed by atoms with Crippen LogP contribution in [0.15, 0.2) is 58.3 Å². The molecule has 0 fully saturated rings. The van der Waals surface area contributed by atoms with Gasteiger partial charge in [0, 0.05) is 27.7 Å². The van der Waals surface area contributed by atoms with Crippen molar-refractivity contribution >= 4 is 26.0 Å². The van der Waals surface area contributed by atoms with E-state index in [0.717, 1.165) is 14.2 Å². The number of benzene rings is 2. The van der Waals surface area contributed by atoms with Crippen LogP contribution in [0.5, 0.6) is 0 Å². The molecule has 0 saturated heterocycles. The van der Waals surface area contributed by atoms with Crippen molar-refractivity contribution in [3.8, 4) is 0 Å². The molecule has 29 heavy (non-hydrogen) atoms. The van der Waals surface area contributed by atoms with Gasteiger partial charge in [0.05, 0.1) is 16.3 Å². The van der Waals surface area contributed by atoms with Crippen molar-refractivity contribution < 1.29 is 21.6 Å². The lowest BCUT2D eigenvalue weighted by Gasteiger charge is -2.17. The zero-order chi connectivity index (χ0) is 21.8. The van der Waals surface area contributed by atoms with Crippen molar-refractivity contribution in [1.82, 2.24) is 13.9 Å². The number of hydrogen-bond donors (Lipinski definition) is 1. The van der Waals surface area contributed by atoms with E-state index >= 15 is 0 Å². The summed E-state index contributed by atoms with van der Waals surface area (Å²) in [4.78, 5) is 12.4. The molecule has 0 saturated carbocycles. The van der Waals surface area contributed by atoms with E-state index in [-0.39, 0.29) is 22.9 Å². The second-order valence-corrected chi connectivity index (χ2v) is 11.0. The Kier molecular flexibility index (Phi) is 7.17. The number of nitrogens with one attached hydrogen (secondary N) is 1. The molecule has 0 aliphatic carbocycles. The molecule has 0 bridgehead atoms. The first-order valence-corrected chi connectivity index (χ1v) is 11.6. The van der Waals surface area contributed by atoms with Crippen molar-refractivity contribution in [1.29, 1.82) is 0 Å². The van der Waals surface area contributed by atoms with E-state index < -0.39 is 26.0 Å². The largest absolute Gasteiger partial charge is 0.351 e. The first-order valence-electron chi connectivity index (χ1n) is 8.76. The number of carbonyl (C=O) groups excluding carboxylic acids is 1. The van der Waals surface area contributed by atoms with Crippen LogP contribution in [-0.4, -0.2) is 59.0 Å². The molecule has 1 amide bonds. The van der Waals surface area contributed by atoms with Gasteiger partial charge in [-0.1, -0.05) is 29.8 Å². The molecule has 8 nitrogen and oxygen atoms in total. The van der Waals surface area contributed by atoms with Gasteiger partial charge in [0.15, 0.2) is 0 Å². The Bertz CT molecular complexity index is 1060. The fraction of sp³-hybridized carbons (Fsp3) is 0.316. The SMILES string of the molecule is Cc1ccc(S(=O)(=O)N(C)CC(=O)NCc2ccc(S(=O)(=O)N(C)C)cc2)cc1. The molecule has 0 radical (unpaired) electrons. The Morgan fingerprint density at radius 1 is 0.828 bits per heavy atom. The van der Waals surface area contributed by atoms with Gasteiger partial charge in [-0.2, -0.15) is 4.31 Å². The van der Waals surface area contributed by atoms with E-state index in [0.29, 0.717) is 5.56 Å². The lowest BCUT2D eigenvalue weighted by atomic mass is 10.2. The maximum absolute atomic E-state index is 12.5. The number of aryl methyl sites for hydroxylation is 1. The molecular formula is C19H25N3O5S2. The highest BCUT2D eigenvalue weighted by atomic mass is 32.2. The molecule has 2 aromatic carbocycles. The van der Waals surface area contributed by atoms with Gasteiger partial charge in [0.25, 0.3) is 0 Å². The first kappa shape index (κ1) is 23.0. The number of rotatable bonds is 8. The number of nitrogens with zero attached hydrogens (tertiary/aromatic N) is 2. The maximum Gasteiger partial charge on any atom is 0.243 e. The Labute approximate surface area is 172 Å². The molecule has 0 atom stereocenters. The molecular weight excluding hydrogens is 414 g/mol. The number of sulfonamides is 2. The molecule has 158 valence electrons. The zero-order valence-corrected chi connectivity index (χ0v) is 18.4. The third-order valence-corrected chi connectivity index (χ3v) is 7.93. The van der Waals surface area contributed by atoms with E-state index in [1.807, 2.05) is 6.92 Å². The second-order valence-electron chi connectivity index (χ2n) is 6.78. The normalized spacial score (nSPS) is 12.3. The van der Waals surface area contributed by atoms with Crippen molar-refractivity contribution in [3.05, 3.63) is 59.7 Å². The molecule has 1 N–H and O–H groups in total. The Morgan fingerprint density at radius 2 is 1.31 bits per heavy atom. The van der Waals surface area contributed by atoms with Crippen LogP contribution >= 0.6 is 0 Å². The standard InChI is InChI=1S/C19H25N3O5S2/c1-15-5-9-18(10-6-15)29(26,27)22(4)14-19(23)20-13-16-7-11-17(12-8-16)28(24,25)21(2)3/h5-12H,13-14H2,1-4H3,(H,20,23). The van der Waals surface area contributed by atoms with Gasteiger partial charge in [-0.25, -0.2) is 21.1 Å². The van der Waals surface area contributed by atoms with Gasteiger partial charge in [0.1, 0.15) is 0 Å². The Balaban J connectivity index is 1.96. The summed E-state index contributed by atoms with van der Waals surface area (Å²) in [5, 5.41) is 2.64. The maximum atomic E-state index is 12.5. The minimum Gasteiger partial charge on any atom is -0.351 e. The van der Waals surface area contributed by atoms with Gasteiger partial charge < -0.3 is 5.32 Å². The Hall–Kier alpha value is -2.27. The van der Waals surface area contributed by atoms with Crippen molar-refractivity contribution in [2.24, 2.45) is 0 Å². The van der Waals surface area contributed by atoms with E-state index in [1.54, 1.807) is 24.3 Å². The van der Waals surface area contributed by atoms with Crippen LogP contribution in [0.1, 0.15) is 11.1 Å². The molecule has 2 aromatic rings. The number of carbonyl (C=O) groups is 1. The summed E-state index contributed by atoms with van der Waals surface area (Å²) in [6, 6.07) is 12.5. The first-order chi connectivity index (χ1) is 13.4. The lowest BCUT2D eigenvalue weighted by molar-refractivity contribution is -0.121. The summed E-state index contributed by atoms with van der Waals surface area (Å²) in [5.74, 6) is -0.465. The summed E-state index contributed by atoms with van der Waals surface area (Å²) < 4.78 is 51.3. The topological polar surface area (TPSA) is 104 Å². The van der Waals surface area contributed by atoms with Crippen molar-refractivity contribution in [2.45, 2.75) is 23.3 Å². The molecule has 0 heterocycles. The molecule has 0 aliphatic heterocycles. The van der Waals surface area contributed by atoms with Crippen LogP contribution in [0.25, 0.3) is 0 Å². The summed E-state index contributed by atoms with van der Waals surface area (Å²) >= 11 is 0. The quantitative estimate of drug-likeness (QED) is 0.665. The number of likely N-dealkylation sites (N-methyl/N-ethyl adjacent to an activating group) is 1. The number of amides is 1. The van der Waals surface area contributed by atoms with Gasteiger partial charge in [-0.05, 0) is 36.8 Å². The highest BCUT2D eigenvalue weighted by Gasteiger charge is 2.22. The fourth-order valence-electron chi connectivity index (χ4n) is 2.42. The highest BCUT2D eigenvalue weighted by Crippen LogP contribution is 2.15. The van der Waals surface area contributed by atoms with Gasteiger partial charge in [0.2, 0.25) is 26.0 Å². The van der Waals surface area contributed by atoms with Crippen LogP contribution in [0.2, 0.25) is 0 Å². The molecule has 10 heteroatoms. The van der Waals surface area contributed by atoms with Crippen molar-refractivity contribution in [3.63, 3.8) is 0 Å². The van der Waals surface area contributed by atoms with Crippen LogP contribution < -0.4 is 5.32 Å². The van der Waals surface area contributed by atoms with Crippen LogP contribution in [0, 0.1) is 6.92 Å².